The Morgan fingerprint density at radius 3 is 2.65 bits per heavy atom. The van der Waals surface area contributed by atoms with Gasteiger partial charge in [0.15, 0.2) is 5.78 Å². The van der Waals surface area contributed by atoms with E-state index in [1.54, 1.807) is 0 Å². The third kappa shape index (κ3) is 2.19. The maximum atomic E-state index is 12.6. The Kier molecular flexibility index (Phi) is 3.29. The molecule has 2 aromatic rings. The minimum atomic E-state index is -0.425. The Morgan fingerprint density at radius 1 is 1.17 bits per heavy atom. The fourth-order valence-corrected chi connectivity index (χ4v) is 3.99. The highest BCUT2D eigenvalue weighted by molar-refractivity contribution is 6.09. The van der Waals surface area contributed by atoms with Crippen LogP contribution in [-0.4, -0.2) is 18.9 Å². The summed E-state index contributed by atoms with van der Waals surface area (Å²) in [6, 6.07) is 3.46. The van der Waals surface area contributed by atoms with E-state index in [4.69, 9.17) is 4.42 Å². The van der Waals surface area contributed by atoms with E-state index in [1.165, 1.54) is 17.3 Å². The van der Waals surface area contributed by atoms with E-state index in [1.807, 2.05) is 13.8 Å². The molecule has 3 heterocycles. The van der Waals surface area contributed by atoms with Crippen molar-refractivity contribution in [2.24, 2.45) is 5.92 Å². The van der Waals surface area contributed by atoms with Crippen LogP contribution < -0.4 is 10.5 Å². The first-order chi connectivity index (χ1) is 11.1. The monoisotopic (exact) mass is 311 g/mol. The zero-order valence-corrected chi connectivity index (χ0v) is 13.6. The molecule has 0 fully saturated rings. The van der Waals surface area contributed by atoms with Crippen LogP contribution in [0.15, 0.2) is 21.3 Å². The highest BCUT2D eigenvalue weighted by Crippen LogP contribution is 2.40. The summed E-state index contributed by atoms with van der Waals surface area (Å²) in [5.74, 6) is -0.123. The number of rotatable bonds is 2. The van der Waals surface area contributed by atoms with Crippen molar-refractivity contribution in [1.82, 2.24) is 0 Å². The van der Waals surface area contributed by atoms with Crippen LogP contribution in [0.25, 0.3) is 11.0 Å². The molecule has 4 heteroatoms. The highest BCUT2D eigenvalue weighted by atomic mass is 16.4. The second-order valence-electron chi connectivity index (χ2n) is 6.93. The third-order valence-electron chi connectivity index (χ3n) is 5.02. The molecule has 4 nitrogen and oxygen atoms in total. The first-order valence-electron chi connectivity index (χ1n) is 8.48. The molecule has 0 spiro atoms. The number of hydrogen-bond acceptors (Lipinski definition) is 4. The molecule has 0 bridgehead atoms. The lowest BCUT2D eigenvalue weighted by Crippen LogP contribution is -2.34. The van der Waals surface area contributed by atoms with Crippen LogP contribution in [0, 0.1) is 5.92 Å². The molecular formula is C19H21NO3. The number of Topliss-reactive ketones (excluding diaryl/α,β-unsaturated/α-hetero) is 1. The normalized spacial score (nSPS) is 16.7. The summed E-state index contributed by atoms with van der Waals surface area (Å²) in [5, 5.41) is 0.820. The second-order valence-corrected chi connectivity index (χ2v) is 6.93. The molecule has 0 atom stereocenters. The number of aryl methyl sites for hydroxylation is 2. The molecule has 4 rings (SSSR count). The summed E-state index contributed by atoms with van der Waals surface area (Å²) in [5.41, 5.74) is 4.40. The molecule has 1 aromatic heterocycles. The summed E-state index contributed by atoms with van der Waals surface area (Å²) in [6.45, 7) is 5.88. The van der Waals surface area contributed by atoms with Crippen LogP contribution >= 0.6 is 0 Å². The largest absolute Gasteiger partial charge is 0.422 e. The molecule has 0 N–H and O–H groups in total. The van der Waals surface area contributed by atoms with Gasteiger partial charge in [-0.25, -0.2) is 4.79 Å². The molecule has 0 saturated heterocycles. The number of carbonyl (C=O) groups is 1. The van der Waals surface area contributed by atoms with Crippen LogP contribution in [0.2, 0.25) is 0 Å². The standard InChI is InChI=1S/C19H21NO3/c1-11(2)18(22)14-10-16(21)23-19-13-6-4-8-20-7-3-5-12(17(13)20)9-15(14)19/h9-11H,3-8H2,1-2H3. The molecular weight excluding hydrogens is 290 g/mol. The SMILES string of the molecule is CC(C)C(=O)c1cc(=O)oc2c3c4c(cc12)CCCN4CCC3. The van der Waals surface area contributed by atoms with E-state index in [-0.39, 0.29) is 11.7 Å². The molecule has 0 saturated carbocycles. The minimum absolute atomic E-state index is 0.0125. The maximum Gasteiger partial charge on any atom is 0.336 e. The Labute approximate surface area is 135 Å². The van der Waals surface area contributed by atoms with Gasteiger partial charge in [0, 0.05) is 47.3 Å². The van der Waals surface area contributed by atoms with E-state index in [9.17, 15) is 9.59 Å². The van der Waals surface area contributed by atoms with Gasteiger partial charge in [0.1, 0.15) is 5.58 Å². The Bertz CT molecular complexity index is 861. The molecule has 0 amide bonds. The second kappa shape index (κ2) is 5.22. The Hall–Kier alpha value is -2.10. The third-order valence-corrected chi connectivity index (χ3v) is 5.02. The van der Waals surface area contributed by atoms with Crippen LogP contribution in [0.4, 0.5) is 5.69 Å². The molecule has 23 heavy (non-hydrogen) atoms. The summed E-state index contributed by atoms with van der Waals surface area (Å²) in [4.78, 5) is 27.0. The smallest absolute Gasteiger partial charge is 0.336 e. The number of nitrogens with zero attached hydrogens (tertiary/aromatic N) is 1. The average Bonchev–Trinajstić information content (AvgIpc) is 2.54. The zero-order chi connectivity index (χ0) is 16.1. The molecule has 2 aliphatic rings. The van der Waals surface area contributed by atoms with E-state index in [0.29, 0.717) is 11.1 Å². The molecule has 0 unspecified atom stereocenters. The summed E-state index contributed by atoms with van der Waals surface area (Å²) >= 11 is 0. The zero-order valence-electron chi connectivity index (χ0n) is 13.6. The van der Waals surface area contributed by atoms with Crippen molar-refractivity contribution >= 4 is 22.4 Å². The van der Waals surface area contributed by atoms with Gasteiger partial charge in [0.05, 0.1) is 0 Å². The fraction of sp³-hybridized carbons (Fsp3) is 0.474. The van der Waals surface area contributed by atoms with Gasteiger partial charge in [-0.2, -0.15) is 0 Å². The molecule has 0 radical (unpaired) electrons. The van der Waals surface area contributed by atoms with Gasteiger partial charge in [0.25, 0.3) is 0 Å². The predicted molar refractivity (Wildman–Crippen MR) is 90.5 cm³/mol. The number of fused-ring (bicyclic) bond motifs is 2. The fourth-order valence-electron chi connectivity index (χ4n) is 3.99. The van der Waals surface area contributed by atoms with Crippen molar-refractivity contribution in [3.05, 3.63) is 39.2 Å². The molecule has 120 valence electrons. The number of anilines is 1. The Balaban J connectivity index is 2.08. The van der Waals surface area contributed by atoms with E-state index in [2.05, 4.69) is 11.0 Å². The van der Waals surface area contributed by atoms with Crippen molar-refractivity contribution in [2.45, 2.75) is 39.5 Å². The summed E-state index contributed by atoms with van der Waals surface area (Å²) in [7, 11) is 0. The maximum absolute atomic E-state index is 12.6. The van der Waals surface area contributed by atoms with Gasteiger partial charge in [-0.1, -0.05) is 13.8 Å². The van der Waals surface area contributed by atoms with Crippen molar-refractivity contribution in [3.8, 4) is 0 Å². The quantitative estimate of drug-likeness (QED) is 0.630. The highest BCUT2D eigenvalue weighted by Gasteiger charge is 2.28. The van der Waals surface area contributed by atoms with Gasteiger partial charge >= 0.3 is 5.63 Å². The van der Waals surface area contributed by atoms with Crippen LogP contribution in [-0.2, 0) is 12.8 Å². The first kappa shape index (κ1) is 14.5. The number of hydrogen-bond donors (Lipinski definition) is 0. The van der Waals surface area contributed by atoms with Crippen molar-refractivity contribution in [3.63, 3.8) is 0 Å². The van der Waals surface area contributed by atoms with Crippen LogP contribution in [0.1, 0.15) is 48.2 Å². The topological polar surface area (TPSA) is 50.5 Å². The van der Waals surface area contributed by atoms with E-state index >= 15 is 0 Å². The van der Waals surface area contributed by atoms with Crippen molar-refractivity contribution < 1.29 is 9.21 Å². The first-order valence-corrected chi connectivity index (χ1v) is 8.48. The van der Waals surface area contributed by atoms with Gasteiger partial charge < -0.3 is 9.32 Å². The van der Waals surface area contributed by atoms with E-state index < -0.39 is 5.63 Å². The minimum Gasteiger partial charge on any atom is -0.422 e. The summed E-state index contributed by atoms with van der Waals surface area (Å²) in [6.07, 6.45) is 4.15. The van der Waals surface area contributed by atoms with Crippen molar-refractivity contribution in [1.29, 1.82) is 0 Å². The molecule has 0 aliphatic carbocycles. The Morgan fingerprint density at radius 2 is 1.91 bits per heavy atom. The lowest BCUT2D eigenvalue weighted by molar-refractivity contribution is 0.0940. The summed E-state index contributed by atoms with van der Waals surface area (Å²) < 4.78 is 5.57. The molecule has 2 aliphatic heterocycles. The van der Waals surface area contributed by atoms with Crippen LogP contribution in [0.5, 0.6) is 0 Å². The number of ketones is 1. The van der Waals surface area contributed by atoms with Gasteiger partial charge in [-0.05, 0) is 37.3 Å². The van der Waals surface area contributed by atoms with Gasteiger partial charge in [-0.3, -0.25) is 4.79 Å². The predicted octanol–water partition coefficient (Wildman–Crippen LogP) is 3.33. The van der Waals surface area contributed by atoms with Gasteiger partial charge in [0.2, 0.25) is 0 Å². The van der Waals surface area contributed by atoms with Crippen LogP contribution in [0.3, 0.4) is 0 Å². The molecule has 1 aromatic carbocycles. The number of carbonyl (C=O) groups excluding carboxylic acids is 1. The van der Waals surface area contributed by atoms with Gasteiger partial charge in [-0.15, -0.1) is 0 Å². The van der Waals surface area contributed by atoms with Crippen molar-refractivity contribution in [2.75, 3.05) is 18.0 Å². The average molecular weight is 311 g/mol. The van der Waals surface area contributed by atoms with E-state index in [0.717, 1.165) is 49.7 Å². The lowest BCUT2D eigenvalue weighted by atomic mass is 9.88. The number of benzene rings is 1. The lowest BCUT2D eigenvalue weighted by Gasteiger charge is -2.37.